The molecule has 0 spiro atoms. The highest BCUT2D eigenvalue weighted by Gasteiger charge is 3.02. The van der Waals surface area contributed by atoms with Gasteiger partial charge in [-0.25, -0.2) is 0 Å². The van der Waals surface area contributed by atoms with Gasteiger partial charge in [-0.2, -0.15) is 0 Å². The van der Waals surface area contributed by atoms with E-state index in [1.165, 1.54) is 0 Å². The van der Waals surface area contributed by atoms with E-state index in [1.807, 2.05) is 0 Å². The van der Waals surface area contributed by atoms with Crippen LogP contribution in [0.25, 0.3) is 0 Å². The first-order chi connectivity index (χ1) is 32.2. The van der Waals surface area contributed by atoms with Crippen molar-refractivity contribution in [1.82, 2.24) is 37.2 Å². The normalized spacial score (nSPS) is 20.8. The van der Waals surface area contributed by atoms with E-state index in [1.54, 1.807) is 58.0 Å². The average Bonchev–Trinajstić information content (AvgIpc) is 4.09. The van der Waals surface area contributed by atoms with Crippen LogP contribution in [0.1, 0.15) is 85.1 Å². The fourth-order valence-corrected chi connectivity index (χ4v) is 7.43. The second kappa shape index (κ2) is 25.0. The Hall–Kier alpha value is -6.77. The van der Waals surface area contributed by atoms with Crippen molar-refractivity contribution in [2.75, 3.05) is 0 Å². The highest BCUT2D eigenvalue weighted by molar-refractivity contribution is 5.99. The zero-order valence-corrected chi connectivity index (χ0v) is 38.8. The van der Waals surface area contributed by atoms with Gasteiger partial charge in [0.1, 0.15) is 42.7 Å². The van der Waals surface area contributed by atoms with Crippen molar-refractivity contribution in [2.45, 2.75) is 153 Å². The molecular weight excluding hydrogens is 915 g/mol. The van der Waals surface area contributed by atoms with Crippen molar-refractivity contribution in [2.24, 2.45) is 23.3 Å². The number of aliphatic hydroxyl groups is 2. The molecule has 1 aromatic carbocycles. The maximum atomic E-state index is 14.1. The molecule has 2 aliphatic heterocycles. The van der Waals surface area contributed by atoms with Gasteiger partial charge < -0.3 is 73.3 Å². The molecule has 12 atom stereocenters. The van der Waals surface area contributed by atoms with Crippen molar-refractivity contribution in [3.8, 4) is 0 Å². The van der Waals surface area contributed by atoms with Crippen molar-refractivity contribution in [1.29, 1.82) is 0 Å². The minimum absolute atomic E-state index is 0.0857. The number of carboxylic acid groups (broad SMARTS) is 3. The van der Waals surface area contributed by atoms with Crippen LogP contribution in [0.4, 0.5) is 0 Å². The minimum atomic E-state index is -1.81. The lowest BCUT2D eigenvalue weighted by atomic mass is 9.96. The molecule has 2 fully saturated rings. The lowest BCUT2D eigenvalue weighted by Crippen LogP contribution is -2.62. The Morgan fingerprint density at radius 3 is 1.72 bits per heavy atom. The summed E-state index contributed by atoms with van der Waals surface area (Å²) < 4.78 is 2.28. The average molecular weight is 979 g/mol. The summed E-state index contributed by atoms with van der Waals surface area (Å²) >= 11 is 0. The molecule has 2 saturated heterocycles. The summed E-state index contributed by atoms with van der Waals surface area (Å²) in [5, 5.41) is 65.2. The lowest BCUT2D eigenvalue weighted by molar-refractivity contribution is -0.140. The molecule has 0 bridgehead atoms. The topological polar surface area (TPSA) is 428 Å². The maximum Gasteiger partial charge on any atom is 0.422 e. The standard InChI is InChI=1S/C43H63N9O17/c1-6-20(4)33(50-38(64)25(14-19(2)3)47-37(63)27(17-29(45)54)49-41(67)34(21(5)53)51-35(61)23(44)16-31(57)58)40(66)46-24(12-13-30(55)56)36(62)48-26(15-22-10-8-7-9-11-22)39(65)52-43-28(18-32(59)60)69(43)42(43)68/h7-11,19-21,23-28,33-34,42,53,68H,6,12-18,44H2,1-5H3,(H11-,45,46,47,48,49,50,51,52,54,55,56,57,58,59,60,61,62,63,64,65,66,67)/p+1/t20-,21+,23-,24-,25-,26-,27-,28+,33-,34-,42+,43-/m0/s1. The molecule has 16 N–H and O–H groups in total. The zero-order chi connectivity index (χ0) is 52.1. The van der Waals surface area contributed by atoms with E-state index in [0.717, 1.165) is 6.92 Å². The molecule has 26 nitrogen and oxygen atoms in total. The monoisotopic (exact) mass is 978 g/mol. The summed E-state index contributed by atoms with van der Waals surface area (Å²) in [6.45, 7) is 7.74. The molecule has 1 aromatic rings. The fraction of sp³-hybridized carbons (Fsp3) is 0.605. The molecule has 0 unspecified atom stereocenters. The van der Waals surface area contributed by atoms with Gasteiger partial charge in [0.25, 0.3) is 6.10 Å². The second-order valence-electron chi connectivity index (χ2n) is 17.6. The number of hydrogen-bond acceptors (Lipinski definition) is 14. The summed E-state index contributed by atoms with van der Waals surface area (Å²) in [5.41, 5.74) is 10.1. The lowest BCUT2D eigenvalue weighted by Gasteiger charge is -2.30. The van der Waals surface area contributed by atoms with Gasteiger partial charge in [-0.3, -0.25) is 58.1 Å². The highest BCUT2D eigenvalue weighted by Crippen LogP contribution is 2.67. The van der Waals surface area contributed by atoms with Gasteiger partial charge in [-0.1, -0.05) is 64.4 Å². The summed E-state index contributed by atoms with van der Waals surface area (Å²) in [6.07, 6.45) is -6.84. The van der Waals surface area contributed by atoms with E-state index in [9.17, 15) is 73.2 Å². The molecule has 0 radical (unpaired) electrons. The number of carbonyl (C=O) groups is 11. The van der Waals surface area contributed by atoms with Gasteiger partial charge in [0.2, 0.25) is 47.3 Å². The number of epoxide rings is 2. The van der Waals surface area contributed by atoms with Crippen LogP contribution in [0, 0.1) is 11.8 Å². The van der Waals surface area contributed by atoms with E-state index in [2.05, 4.69) is 41.6 Å². The van der Waals surface area contributed by atoms with Gasteiger partial charge in [0.05, 0.1) is 25.0 Å². The first-order valence-corrected chi connectivity index (χ1v) is 22.2. The number of benzene rings is 1. The van der Waals surface area contributed by atoms with Crippen molar-refractivity contribution in [3.05, 3.63) is 35.9 Å². The number of carboxylic acids is 3. The van der Waals surface area contributed by atoms with E-state index < -0.39 is 170 Å². The molecule has 3 rings (SSSR count). The zero-order valence-electron chi connectivity index (χ0n) is 38.8. The summed E-state index contributed by atoms with van der Waals surface area (Å²) in [6, 6.07) is -2.78. The Balaban J connectivity index is 1.85. The molecule has 2 heterocycles. The third kappa shape index (κ3) is 16.2. The minimum Gasteiger partial charge on any atom is -0.481 e. The number of fused-ring (bicyclic) bond motifs is 1. The summed E-state index contributed by atoms with van der Waals surface area (Å²) in [7, 11) is 0. The SMILES string of the molecule is CC[C@H](C)[C@H](NC(=O)[C@H](CC(C)C)NC(=O)[C@H](CC(N)=O)NC(=O)[C@@H](NC(=O)[C@@H](N)CC(=O)O)[C@@H](C)O)C(=O)N[C@@H](CCC(=O)O)C(=O)N[C@@H](Cc1ccccc1)C(=O)N[C@]12[C@H](O)[O+]1[C@@H]2CC(=O)O. The predicted octanol–water partition coefficient (Wildman–Crippen LogP) is -4.29. The van der Waals surface area contributed by atoms with Gasteiger partial charge >= 0.3 is 29.9 Å². The number of primary amides is 1. The van der Waals surface area contributed by atoms with Crippen LogP contribution in [-0.4, -0.2) is 157 Å². The number of nitrogens with two attached hydrogens (primary N) is 2. The number of carbonyl (C=O) groups excluding carboxylic acids is 8. The quantitative estimate of drug-likeness (QED) is 0.0256. The smallest absolute Gasteiger partial charge is 0.422 e. The number of aliphatic hydroxyl groups excluding tert-OH is 2. The van der Waals surface area contributed by atoms with E-state index >= 15 is 0 Å². The molecule has 0 saturated carbocycles. The molecule has 0 aliphatic carbocycles. The predicted molar refractivity (Wildman–Crippen MR) is 237 cm³/mol. The third-order valence-corrected chi connectivity index (χ3v) is 11.5. The first-order valence-electron chi connectivity index (χ1n) is 22.2. The van der Waals surface area contributed by atoms with Gasteiger partial charge in [0, 0.05) is 12.8 Å². The maximum absolute atomic E-state index is 14.1. The third-order valence-electron chi connectivity index (χ3n) is 11.5. The second-order valence-corrected chi connectivity index (χ2v) is 17.6. The van der Waals surface area contributed by atoms with Crippen molar-refractivity contribution in [3.63, 3.8) is 0 Å². The Labute approximate surface area is 396 Å². The van der Waals surface area contributed by atoms with E-state index in [4.69, 9.17) is 16.6 Å². The van der Waals surface area contributed by atoms with Gasteiger partial charge in [-0.05, 0) is 37.2 Å². The van der Waals surface area contributed by atoms with E-state index in [-0.39, 0.29) is 25.2 Å². The summed E-state index contributed by atoms with van der Waals surface area (Å²) in [5.74, 6) is -13.3. The number of rotatable bonds is 30. The molecule has 69 heavy (non-hydrogen) atoms. The Kier molecular flexibility index (Phi) is 20.5. The Morgan fingerprint density at radius 1 is 0.667 bits per heavy atom. The molecule has 8 amide bonds. The fourth-order valence-electron chi connectivity index (χ4n) is 7.43. The van der Waals surface area contributed by atoms with Gasteiger partial charge in [0.15, 0.2) is 0 Å². The highest BCUT2D eigenvalue weighted by atomic mass is 17.0. The molecule has 26 heteroatoms. The van der Waals surface area contributed by atoms with Crippen LogP contribution >= 0.6 is 0 Å². The number of hydrogen-bond donors (Lipinski definition) is 14. The van der Waals surface area contributed by atoms with Crippen LogP contribution < -0.4 is 48.7 Å². The Bertz CT molecular complexity index is 2090. The number of amides is 8. The van der Waals surface area contributed by atoms with Crippen molar-refractivity contribution < 1.29 is 82.6 Å². The van der Waals surface area contributed by atoms with Crippen LogP contribution in [-0.2, 0) is 63.5 Å². The van der Waals surface area contributed by atoms with E-state index in [0.29, 0.717) is 5.56 Å². The van der Waals surface area contributed by atoms with Crippen LogP contribution in [0.5, 0.6) is 0 Å². The molecule has 2 aliphatic rings. The van der Waals surface area contributed by atoms with Crippen LogP contribution in [0.2, 0.25) is 0 Å². The van der Waals surface area contributed by atoms with Gasteiger partial charge in [-0.15, -0.1) is 0 Å². The molecular formula is C43H64N9O17+. The van der Waals surface area contributed by atoms with Crippen LogP contribution in [0.15, 0.2) is 30.3 Å². The summed E-state index contributed by atoms with van der Waals surface area (Å²) in [4.78, 5) is 142. The van der Waals surface area contributed by atoms with Crippen molar-refractivity contribution >= 4 is 65.2 Å². The largest absolute Gasteiger partial charge is 0.481 e. The first kappa shape index (κ1) is 56.6. The molecule has 382 valence electrons. The van der Waals surface area contributed by atoms with Crippen LogP contribution in [0.3, 0.4) is 0 Å². The number of nitrogens with one attached hydrogen (secondary N) is 7. The Morgan fingerprint density at radius 2 is 1.20 bits per heavy atom. The number of aliphatic carboxylic acids is 3. The molecule has 0 aromatic heterocycles.